The number of benzene rings is 2. The maximum Gasteiger partial charge on any atom is 0.220 e. The number of hydrogen-bond donors (Lipinski definition) is 2. The summed E-state index contributed by atoms with van der Waals surface area (Å²) in [6.07, 6.45) is 4.77. The monoisotopic (exact) mass is 479 g/mol. The molecule has 0 bridgehead atoms. The summed E-state index contributed by atoms with van der Waals surface area (Å²) in [6.45, 7) is 0. The third-order valence-electron chi connectivity index (χ3n) is 6.84. The van der Waals surface area contributed by atoms with Gasteiger partial charge >= 0.3 is 0 Å². The van der Waals surface area contributed by atoms with Crippen LogP contribution in [0.1, 0.15) is 37.4 Å². The van der Waals surface area contributed by atoms with Crippen molar-refractivity contribution in [1.82, 2.24) is 24.6 Å². The van der Waals surface area contributed by atoms with Crippen LogP contribution >= 0.6 is 0 Å². The number of nitrogens with two attached hydrogens (primary N) is 2. The number of ether oxygens (including phenoxy) is 1. The predicted molar refractivity (Wildman–Crippen MR) is 136 cm³/mol. The second-order valence-corrected chi connectivity index (χ2v) is 9.16. The largest absolute Gasteiger partial charge is 0.439 e. The average Bonchev–Trinajstić information content (AvgIpc) is 3.34. The molecule has 0 aliphatic heterocycles. The number of amides is 1. The number of primary amides is 1. The minimum absolute atomic E-state index is 0.0673. The Balaban J connectivity index is 1.31. The summed E-state index contributed by atoms with van der Waals surface area (Å²) in [5, 5.41) is 5.70. The third-order valence-corrected chi connectivity index (χ3v) is 6.84. The SMILES string of the molecule is NC(=O)C1CCC(c2nc(N)c3c(-c4ccc5ccc(Oc6ccccc6)nc5c4)ncn3n2)CC1. The number of fused-ring (bicyclic) bond motifs is 2. The minimum atomic E-state index is -0.229. The average molecular weight is 480 g/mol. The van der Waals surface area contributed by atoms with E-state index in [-0.39, 0.29) is 17.7 Å². The highest BCUT2D eigenvalue weighted by Crippen LogP contribution is 2.36. The van der Waals surface area contributed by atoms with Crippen molar-refractivity contribution >= 4 is 28.1 Å². The Labute approximate surface area is 207 Å². The van der Waals surface area contributed by atoms with Gasteiger partial charge in [0.15, 0.2) is 11.6 Å². The van der Waals surface area contributed by atoms with Crippen molar-refractivity contribution in [3.05, 3.63) is 72.8 Å². The standard InChI is InChI=1S/C27H25N7O2/c28-25-24-23(30-15-34(24)33-27(32-25)18-9-7-17(8-10-18)26(29)35)19-11-6-16-12-13-22(31-21(16)14-19)36-20-4-2-1-3-5-20/h1-6,11-15,17-18H,7-10H2,(H2,29,35)(H2,28,32,33). The highest BCUT2D eigenvalue weighted by atomic mass is 16.5. The first-order chi connectivity index (χ1) is 17.5. The zero-order chi connectivity index (χ0) is 24.6. The van der Waals surface area contributed by atoms with Crippen LogP contribution in [0, 0.1) is 5.92 Å². The Kier molecular flexibility index (Phi) is 5.44. The van der Waals surface area contributed by atoms with Gasteiger partial charge in [-0.2, -0.15) is 5.10 Å². The fraction of sp³-hybridized carbons (Fsp3) is 0.222. The number of nitrogens with zero attached hydrogens (tertiary/aromatic N) is 5. The number of anilines is 1. The summed E-state index contributed by atoms with van der Waals surface area (Å²) < 4.78 is 7.59. The number of nitrogen functional groups attached to an aromatic ring is 1. The van der Waals surface area contributed by atoms with E-state index in [0.29, 0.717) is 28.7 Å². The molecule has 0 unspecified atom stereocenters. The second-order valence-electron chi connectivity index (χ2n) is 9.16. The van der Waals surface area contributed by atoms with Crippen LogP contribution in [0.2, 0.25) is 0 Å². The Morgan fingerprint density at radius 3 is 2.53 bits per heavy atom. The van der Waals surface area contributed by atoms with Crippen LogP contribution in [0.4, 0.5) is 5.82 Å². The van der Waals surface area contributed by atoms with Crippen molar-refractivity contribution in [1.29, 1.82) is 0 Å². The fourth-order valence-electron chi connectivity index (χ4n) is 4.90. The number of imidazole rings is 1. The summed E-state index contributed by atoms with van der Waals surface area (Å²) in [4.78, 5) is 25.4. The van der Waals surface area contributed by atoms with Gasteiger partial charge in [-0.3, -0.25) is 4.79 Å². The van der Waals surface area contributed by atoms with Crippen molar-refractivity contribution < 1.29 is 9.53 Å². The predicted octanol–water partition coefficient (Wildman–Crippen LogP) is 4.47. The molecule has 0 radical (unpaired) electrons. The van der Waals surface area contributed by atoms with Gasteiger partial charge in [-0.1, -0.05) is 30.3 Å². The van der Waals surface area contributed by atoms with Crippen molar-refractivity contribution in [2.24, 2.45) is 11.7 Å². The van der Waals surface area contributed by atoms with E-state index in [9.17, 15) is 4.79 Å². The Morgan fingerprint density at radius 1 is 0.972 bits per heavy atom. The normalized spacial score (nSPS) is 17.9. The summed E-state index contributed by atoms with van der Waals surface area (Å²) in [7, 11) is 0. The molecule has 9 nitrogen and oxygen atoms in total. The topological polar surface area (TPSA) is 134 Å². The number of para-hydroxylation sites is 1. The Hall–Kier alpha value is -4.53. The molecule has 1 aliphatic carbocycles. The van der Waals surface area contributed by atoms with E-state index < -0.39 is 0 Å². The molecule has 36 heavy (non-hydrogen) atoms. The van der Waals surface area contributed by atoms with Crippen LogP contribution in [0.5, 0.6) is 11.6 Å². The van der Waals surface area contributed by atoms with Crippen LogP contribution < -0.4 is 16.2 Å². The number of carbonyl (C=O) groups is 1. The lowest BCUT2D eigenvalue weighted by molar-refractivity contribution is -0.122. The maximum absolute atomic E-state index is 11.5. The van der Waals surface area contributed by atoms with Gasteiger partial charge < -0.3 is 16.2 Å². The minimum Gasteiger partial charge on any atom is -0.439 e. The molecular weight excluding hydrogens is 454 g/mol. The first-order valence-electron chi connectivity index (χ1n) is 12.0. The summed E-state index contributed by atoms with van der Waals surface area (Å²) in [5.74, 6) is 2.14. The zero-order valence-electron chi connectivity index (χ0n) is 19.5. The molecule has 180 valence electrons. The molecule has 3 aromatic heterocycles. The maximum atomic E-state index is 11.5. The van der Waals surface area contributed by atoms with E-state index in [0.717, 1.165) is 47.9 Å². The van der Waals surface area contributed by atoms with Gasteiger partial charge in [0, 0.05) is 28.9 Å². The lowest BCUT2D eigenvalue weighted by Crippen LogP contribution is -2.27. The van der Waals surface area contributed by atoms with Crippen LogP contribution in [-0.2, 0) is 4.79 Å². The van der Waals surface area contributed by atoms with Crippen LogP contribution in [0.15, 0.2) is 67.0 Å². The smallest absolute Gasteiger partial charge is 0.220 e. The lowest BCUT2D eigenvalue weighted by Gasteiger charge is -2.25. The van der Waals surface area contributed by atoms with Gasteiger partial charge in [-0.05, 0) is 49.9 Å². The van der Waals surface area contributed by atoms with E-state index in [4.69, 9.17) is 21.3 Å². The van der Waals surface area contributed by atoms with Gasteiger partial charge in [0.25, 0.3) is 0 Å². The highest BCUT2D eigenvalue weighted by molar-refractivity contribution is 5.90. The molecule has 1 saturated carbocycles. The lowest BCUT2D eigenvalue weighted by atomic mass is 9.81. The quantitative estimate of drug-likeness (QED) is 0.380. The molecule has 5 aromatic rings. The van der Waals surface area contributed by atoms with Crippen molar-refractivity contribution in [2.75, 3.05) is 5.73 Å². The number of pyridine rings is 1. The molecule has 1 aliphatic rings. The number of rotatable bonds is 5. The number of aromatic nitrogens is 5. The third kappa shape index (κ3) is 4.08. The molecule has 2 aromatic carbocycles. The zero-order valence-corrected chi connectivity index (χ0v) is 19.5. The molecule has 1 amide bonds. The molecule has 3 heterocycles. The molecule has 9 heteroatoms. The Bertz CT molecular complexity index is 1570. The van der Waals surface area contributed by atoms with Gasteiger partial charge in [0.05, 0.1) is 5.52 Å². The molecule has 6 rings (SSSR count). The number of carbonyl (C=O) groups excluding carboxylic acids is 1. The molecule has 4 N–H and O–H groups in total. The summed E-state index contributed by atoms with van der Waals surface area (Å²) in [5.41, 5.74) is 14.9. The van der Waals surface area contributed by atoms with Crippen LogP contribution in [-0.4, -0.2) is 30.5 Å². The van der Waals surface area contributed by atoms with E-state index in [1.165, 1.54) is 0 Å². The van der Waals surface area contributed by atoms with Crippen molar-refractivity contribution in [3.8, 4) is 22.9 Å². The fourth-order valence-corrected chi connectivity index (χ4v) is 4.90. The number of hydrogen-bond acceptors (Lipinski definition) is 7. The van der Waals surface area contributed by atoms with Gasteiger partial charge in [0.2, 0.25) is 11.8 Å². The van der Waals surface area contributed by atoms with Gasteiger partial charge in [-0.25, -0.2) is 19.5 Å². The van der Waals surface area contributed by atoms with Crippen LogP contribution in [0.3, 0.4) is 0 Å². The van der Waals surface area contributed by atoms with Gasteiger partial charge in [0.1, 0.15) is 23.3 Å². The summed E-state index contributed by atoms with van der Waals surface area (Å²) in [6, 6.07) is 19.3. The van der Waals surface area contributed by atoms with Crippen molar-refractivity contribution in [3.63, 3.8) is 0 Å². The van der Waals surface area contributed by atoms with Crippen molar-refractivity contribution in [2.45, 2.75) is 31.6 Å². The molecule has 0 spiro atoms. The molecular formula is C27H25N7O2. The van der Waals surface area contributed by atoms with E-state index in [2.05, 4.69) is 15.0 Å². The van der Waals surface area contributed by atoms with E-state index in [1.54, 1.807) is 10.8 Å². The molecule has 0 atom stereocenters. The second kappa shape index (κ2) is 8.92. The van der Waals surface area contributed by atoms with Gasteiger partial charge in [-0.15, -0.1) is 0 Å². The Morgan fingerprint density at radius 2 is 1.75 bits per heavy atom. The van der Waals surface area contributed by atoms with E-state index >= 15 is 0 Å². The first-order valence-corrected chi connectivity index (χ1v) is 12.0. The van der Waals surface area contributed by atoms with E-state index in [1.807, 2.05) is 60.7 Å². The molecule has 1 fully saturated rings. The first kappa shape index (κ1) is 22.0. The molecule has 0 saturated heterocycles. The van der Waals surface area contributed by atoms with Crippen LogP contribution in [0.25, 0.3) is 27.7 Å². The summed E-state index contributed by atoms with van der Waals surface area (Å²) >= 11 is 0. The highest BCUT2D eigenvalue weighted by Gasteiger charge is 2.28.